The highest BCUT2D eigenvalue weighted by Crippen LogP contribution is 2.26. The van der Waals surface area contributed by atoms with E-state index in [2.05, 4.69) is 26.1 Å². The lowest BCUT2D eigenvalue weighted by Gasteiger charge is -2.25. The van der Waals surface area contributed by atoms with E-state index in [1.807, 2.05) is 0 Å². The maximum atomic E-state index is 12.8. The Morgan fingerprint density at radius 1 is 0.895 bits per heavy atom. The standard InChI is InChI=1S/C24H26N6O5S3/c1-16(31)25-18-7-9-19(10-8-18)26-21(32)15-36-24-29-28-23(37-24)27-22(33)17-5-11-20(12-6-17)38(34,35)30-13-3-2-4-14-30/h5-12H,2-4,13-15H2,1H3,(H,25,31)(H,26,32)(H,27,28,33). The van der Waals surface area contributed by atoms with Gasteiger partial charge in [-0.3, -0.25) is 19.7 Å². The number of piperidine rings is 1. The van der Waals surface area contributed by atoms with Gasteiger partial charge in [-0.1, -0.05) is 29.5 Å². The van der Waals surface area contributed by atoms with Gasteiger partial charge in [0.15, 0.2) is 4.34 Å². The van der Waals surface area contributed by atoms with Gasteiger partial charge in [0.1, 0.15) is 0 Å². The Morgan fingerprint density at radius 3 is 2.16 bits per heavy atom. The van der Waals surface area contributed by atoms with Gasteiger partial charge in [0.05, 0.1) is 10.6 Å². The van der Waals surface area contributed by atoms with Gasteiger partial charge >= 0.3 is 0 Å². The number of hydrogen-bond donors (Lipinski definition) is 3. The van der Waals surface area contributed by atoms with Crippen molar-refractivity contribution in [1.82, 2.24) is 14.5 Å². The molecule has 0 radical (unpaired) electrons. The van der Waals surface area contributed by atoms with Crippen LogP contribution < -0.4 is 16.0 Å². The third-order valence-corrected chi connectivity index (χ3v) is 9.40. The fourth-order valence-corrected chi connectivity index (χ4v) is 6.75. The van der Waals surface area contributed by atoms with Gasteiger partial charge in [-0.15, -0.1) is 10.2 Å². The molecular formula is C24H26N6O5S3. The number of carbonyl (C=O) groups excluding carboxylic acids is 3. The number of sulfonamides is 1. The molecule has 3 aromatic rings. The summed E-state index contributed by atoms with van der Waals surface area (Å²) in [6.45, 7) is 2.44. The summed E-state index contributed by atoms with van der Waals surface area (Å²) < 4.78 is 27.6. The van der Waals surface area contributed by atoms with Gasteiger partial charge in [-0.25, -0.2) is 8.42 Å². The first-order valence-electron chi connectivity index (χ1n) is 11.8. The largest absolute Gasteiger partial charge is 0.326 e. The number of anilines is 3. The zero-order valence-corrected chi connectivity index (χ0v) is 22.9. The molecule has 14 heteroatoms. The summed E-state index contributed by atoms with van der Waals surface area (Å²) in [5.74, 6) is -0.784. The molecule has 0 aliphatic carbocycles. The average Bonchev–Trinajstić information content (AvgIpc) is 3.36. The van der Waals surface area contributed by atoms with E-state index in [1.165, 1.54) is 47.3 Å². The molecule has 3 N–H and O–H groups in total. The van der Waals surface area contributed by atoms with E-state index in [0.29, 0.717) is 28.8 Å². The second kappa shape index (κ2) is 12.5. The first-order chi connectivity index (χ1) is 18.2. The van der Waals surface area contributed by atoms with Crippen LogP contribution in [0.25, 0.3) is 0 Å². The molecule has 0 saturated carbocycles. The van der Waals surface area contributed by atoms with Gasteiger partial charge < -0.3 is 10.6 Å². The van der Waals surface area contributed by atoms with Crippen molar-refractivity contribution in [3.8, 4) is 0 Å². The van der Waals surface area contributed by atoms with Crippen LogP contribution in [-0.4, -0.2) is 59.5 Å². The molecule has 1 aliphatic heterocycles. The number of thioether (sulfide) groups is 1. The third-order valence-electron chi connectivity index (χ3n) is 5.51. The van der Waals surface area contributed by atoms with Gasteiger partial charge in [0.2, 0.25) is 27.0 Å². The highest BCUT2D eigenvalue weighted by Gasteiger charge is 2.26. The van der Waals surface area contributed by atoms with Crippen LogP contribution in [0.15, 0.2) is 57.8 Å². The van der Waals surface area contributed by atoms with E-state index in [-0.39, 0.29) is 33.2 Å². The second-order valence-corrected chi connectivity index (χ2v) is 12.5. The number of hydrogen-bond acceptors (Lipinski definition) is 9. The Balaban J connectivity index is 1.27. The first kappa shape index (κ1) is 27.7. The number of amides is 3. The van der Waals surface area contributed by atoms with E-state index in [0.717, 1.165) is 30.6 Å². The summed E-state index contributed by atoms with van der Waals surface area (Å²) >= 11 is 2.30. The Morgan fingerprint density at radius 2 is 1.53 bits per heavy atom. The molecule has 38 heavy (non-hydrogen) atoms. The predicted octanol–water partition coefficient (Wildman–Crippen LogP) is 3.65. The Kier molecular flexibility index (Phi) is 9.09. The fraction of sp³-hybridized carbons (Fsp3) is 0.292. The summed E-state index contributed by atoms with van der Waals surface area (Å²) in [7, 11) is -3.57. The molecule has 0 bridgehead atoms. The Bertz CT molecular complexity index is 1400. The topological polar surface area (TPSA) is 150 Å². The van der Waals surface area contributed by atoms with Gasteiger partial charge in [-0.05, 0) is 61.4 Å². The van der Waals surface area contributed by atoms with Crippen LogP contribution in [0.4, 0.5) is 16.5 Å². The van der Waals surface area contributed by atoms with Crippen LogP contribution in [0.3, 0.4) is 0 Å². The summed E-state index contributed by atoms with van der Waals surface area (Å²) in [4.78, 5) is 36.1. The smallest absolute Gasteiger partial charge is 0.257 e. The number of aromatic nitrogens is 2. The first-order valence-corrected chi connectivity index (χ1v) is 15.0. The van der Waals surface area contributed by atoms with Crippen LogP contribution in [0.5, 0.6) is 0 Å². The van der Waals surface area contributed by atoms with Crippen molar-refractivity contribution in [2.24, 2.45) is 0 Å². The summed E-state index contributed by atoms with van der Waals surface area (Å²) in [6, 6.07) is 12.5. The molecule has 0 atom stereocenters. The van der Waals surface area contributed by atoms with E-state index in [1.54, 1.807) is 24.3 Å². The number of nitrogens with zero attached hydrogens (tertiary/aromatic N) is 3. The molecule has 1 aromatic heterocycles. The molecule has 4 rings (SSSR count). The lowest BCUT2D eigenvalue weighted by Crippen LogP contribution is -2.35. The van der Waals surface area contributed by atoms with Crippen LogP contribution in [-0.2, 0) is 19.6 Å². The molecular weight excluding hydrogens is 549 g/mol. The summed E-state index contributed by atoms with van der Waals surface area (Å²) in [5.41, 5.74) is 1.51. The van der Waals surface area contributed by atoms with Crippen molar-refractivity contribution >= 4 is 67.3 Å². The van der Waals surface area contributed by atoms with E-state index >= 15 is 0 Å². The molecule has 3 amide bonds. The molecule has 11 nitrogen and oxygen atoms in total. The molecule has 1 saturated heterocycles. The van der Waals surface area contributed by atoms with Crippen molar-refractivity contribution < 1.29 is 22.8 Å². The zero-order valence-electron chi connectivity index (χ0n) is 20.5. The van der Waals surface area contributed by atoms with Crippen molar-refractivity contribution in [2.45, 2.75) is 35.4 Å². The highest BCUT2D eigenvalue weighted by atomic mass is 32.2. The normalized spacial score (nSPS) is 14.0. The lowest BCUT2D eigenvalue weighted by molar-refractivity contribution is -0.114. The van der Waals surface area contributed by atoms with Crippen LogP contribution >= 0.6 is 23.1 Å². The van der Waals surface area contributed by atoms with Crippen molar-refractivity contribution in [3.05, 3.63) is 54.1 Å². The highest BCUT2D eigenvalue weighted by molar-refractivity contribution is 8.01. The quantitative estimate of drug-likeness (QED) is 0.259. The Hall–Kier alpha value is -3.33. The van der Waals surface area contributed by atoms with Gasteiger partial charge in [0, 0.05) is 37.0 Å². The fourth-order valence-electron chi connectivity index (χ4n) is 3.69. The maximum absolute atomic E-state index is 12.8. The summed E-state index contributed by atoms with van der Waals surface area (Å²) in [6.07, 6.45) is 2.73. The molecule has 1 aliphatic rings. The minimum Gasteiger partial charge on any atom is -0.326 e. The number of benzene rings is 2. The molecule has 1 fully saturated rings. The van der Waals surface area contributed by atoms with E-state index < -0.39 is 15.9 Å². The second-order valence-electron chi connectivity index (χ2n) is 8.41. The van der Waals surface area contributed by atoms with Crippen molar-refractivity contribution in [3.63, 3.8) is 0 Å². The monoisotopic (exact) mass is 574 g/mol. The number of nitrogens with one attached hydrogen (secondary N) is 3. The Labute approximate surface area is 228 Å². The lowest BCUT2D eigenvalue weighted by atomic mass is 10.2. The van der Waals surface area contributed by atoms with Crippen molar-refractivity contribution in [2.75, 3.05) is 34.8 Å². The van der Waals surface area contributed by atoms with Crippen LogP contribution in [0, 0.1) is 0 Å². The van der Waals surface area contributed by atoms with Crippen molar-refractivity contribution in [1.29, 1.82) is 0 Å². The molecule has 0 spiro atoms. The minimum atomic E-state index is -3.57. The minimum absolute atomic E-state index is 0.0863. The van der Waals surface area contributed by atoms with Crippen LogP contribution in [0.2, 0.25) is 0 Å². The molecule has 2 heterocycles. The van der Waals surface area contributed by atoms with E-state index in [9.17, 15) is 22.8 Å². The van der Waals surface area contributed by atoms with Crippen LogP contribution in [0.1, 0.15) is 36.5 Å². The molecule has 2 aromatic carbocycles. The van der Waals surface area contributed by atoms with Gasteiger partial charge in [0.25, 0.3) is 5.91 Å². The maximum Gasteiger partial charge on any atom is 0.257 e. The SMILES string of the molecule is CC(=O)Nc1ccc(NC(=O)CSc2nnc(NC(=O)c3ccc(S(=O)(=O)N4CCCCC4)cc3)s2)cc1. The average molecular weight is 575 g/mol. The number of rotatable bonds is 9. The zero-order chi connectivity index (χ0) is 27.1. The number of carbonyl (C=O) groups is 3. The molecule has 0 unspecified atom stereocenters. The predicted molar refractivity (Wildman–Crippen MR) is 147 cm³/mol. The van der Waals surface area contributed by atoms with Gasteiger partial charge in [-0.2, -0.15) is 4.31 Å². The molecule has 200 valence electrons. The third kappa shape index (κ3) is 7.37. The summed E-state index contributed by atoms with van der Waals surface area (Å²) in [5, 5.41) is 16.3. The van der Waals surface area contributed by atoms with E-state index in [4.69, 9.17) is 0 Å².